The number of nitrogens with one attached hydrogen (secondary N) is 1. The van der Waals surface area contributed by atoms with E-state index in [0.717, 1.165) is 0 Å². The highest BCUT2D eigenvalue weighted by Crippen LogP contribution is 2.26. The number of thiophene rings is 1. The summed E-state index contributed by atoms with van der Waals surface area (Å²) in [6, 6.07) is 2.06. The Hall–Kier alpha value is -1.87. The van der Waals surface area contributed by atoms with Crippen LogP contribution in [0.1, 0.15) is 20.9 Å². The summed E-state index contributed by atoms with van der Waals surface area (Å²) in [7, 11) is 0. The minimum Gasteiger partial charge on any atom is -0.389 e. The molecule has 0 unspecified atom stereocenters. The lowest BCUT2D eigenvalue weighted by molar-refractivity contribution is -0.0377. The van der Waals surface area contributed by atoms with Crippen LogP contribution in [0.15, 0.2) is 30.0 Å². The minimum absolute atomic E-state index is 0.0382. The zero-order valence-corrected chi connectivity index (χ0v) is 14.2. The fraction of sp³-hybridized carbons (Fsp3) is 0.438. The fourth-order valence-corrected chi connectivity index (χ4v) is 3.72. The van der Waals surface area contributed by atoms with Crippen LogP contribution in [0, 0.1) is 6.92 Å². The molecule has 0 saturated carbocycles. The van der Waals surface area contributed by atoms with E-state index in [0.29, 0.717) is 19.6 Å². The van der Waals surface area contributed by atoms with Crippen LogP contribution >= 0.6 is 11.3 Å². The number of aromatic nitrogens is 2. The zero-order valence-electron chi connectivity index (χ0n) is 13.3. The molecule has 1 saturated heterocycles. The summed E-state index contributed by atoms with van der Waals surface area (Å²) >= 11 is 1.66. The molecule has 0 aliphatic carbocycles. The largest absolute Gasteiger partial charge is 0.389 e. The number of amides is 1. The van der Waals surface area contributed by atoms with E-state index < -0.39 is 17.6 Å². The number of aliphatic hydroxyl groups is 2. The van der Waals surface area contributed by atoms with Gasteiger partial charge in [0.1, 0.15) is 11.3 Å². The van der Waals surface area contributed by atoms with Gasteiger partial charge in [-0.3, -0.25) is 14.7 Å². The van der Waals surface area contributed by atoms with Crippen molar-refractivity contribution in [3.05, 3.63) is 46.2 Å². The van der Waals surface area contributed by atoms with E-state index in [1.54, 1.807) is 11.3 Å². The summed E-state index contributed by atoms with van der Waals surface area (Å²) in [6.07, 6.45) is 3.35. The monoisotopic (exact) mass is 348 g/mol. The Kier molecular flexibility index (Phi) is 4.91. The van der Waals surface area contributed by atoms with Crippen molar-refractivity contribution in [1.29, 1.82) is 0 Å². The number of nitrogens with zero attached hydrogens (tertiary/aromatic N) is 3. The number of carbonyl (C=O) groups is 1. The number of rotatable bonds is 5. The van der Waals surface area contributed by atoms with Gasteiger partial charge in [-0.25, -0.2) is 4.98 Å². The summed E-state index contributed by atoms with van der Waals surface area (Å²) in [6.45, 7) is 3.36. The minimum atomic E-state index is -1.37. The van der Waals surface area contributed by atoms with E-state index in [2.05, 4.69) is 21.4 Å². The Bertz CT molecular complexity index is 708. The standard InChI is InChI=1S/C16H20N4O3S/c1-11-2-5-24-13(11)7-20-8-14(21)16(23,10-20)9-19-15(22)12-6-17-3-4-18-12/h2-6,14,21,23H,7-10H2,1H3,(H,19,22)/t14-,16+/m1/s1. The predicted molar refractivity (Wildman–Crippen MR) is 89.7 cm³/mol. The van der Waals surface area contributed by atoms with E-state index in [-0.39, 0.29) is 12.2 Å². The molecule has 2 atom stereocenters. The maximum Gasteiger partial charge on any atom is 0.271 e. The van der Waals surface area contributed by atoms with Gasteiger partial charge in [-0.1, -0.05) is 0 Å². The number of aliphatic hydroxyl groups excluding tert-OH is 1. The SMILES string of the molecule is Cc1ccsc1CN1C[C@@H](O)[C@](O)(CNC(=O)c2cnccn2)C1. The van der Waals surface area contributed by atoms with Crippen LogP contribution in [0.3, 0.4) is 0 Å². The smallest absolute Gasteiger partial charge is 0.271 e. The van der Waals surface area contributed by atoms with Crippen LogP contribution in [0.5, 0.6) is 0 Å². The Morgan fingerprint density at radius 3 is 3.04 bits per heavy atom. The van der Waals surface area contributed by atoms with Gasteiger partial charge in [-0.2, -0.15) is 0 Å². The summed E-state index contributed by atoms with van der Waals surface area (Å²) in [4.78, 5) is 23.0. The number of carbonyl (C=O) groups excluding carboxylic acids is 1. The first-order valence-corrected chi connectivity index (χ1v) is 8.56. The first-order chi connectivity index (χ1) is 11.5. The molecular formula is C16H20N4O3S. The van der Waals surface area contributed by atoms with E-state index in [1.165, 1.54) is 29.0 Å². The molecule has 0 radical (unpaired) electrons. The van der Waals surface area contributed by atoms with Crippen LogP contribution in [-0.2, 0) is 6.54 Å². The molecule has 1 amide bonds. The van der Waals surface area contributed by atoms with Crippen molar-refractivity contribution in [2.45, 2.75) is 25.2 Å². The number of hydrogen-bond acceptors (Lipinski definition) is 7. The summed E-state index contributed by atoms with van der Waals surface area (Å²) in [5.41, 5.74) is 0.0174. The second-order valence-electron chi connectivity index (χ2n) is 6.09. The molecule has 2 aromatic heterocycles. The Morgan fingerprint density at radius 2 is 2.38 bits per heavy atom. The third-order valence-corrected chi connectivity index (χ3v) is 5.24. The first-order valence-electron chi connectivity index (χ1n) is 7.68. The van der Waals surface area contributed by atoms with E-state index in [4.69, 9.17) is 0 Å². The van der Waals surface area contributed by atoms with E-state index in [1.807, 2.05) is 17.2 Å². The average molecular weight is 348 g/mol. The molecule has 8 heteroatoms. The van der Waals surface area contributed by atoms with Crippen molar-refractivity contribution in [1.82, 2.24) is 20.2 Å². The highest BCUT2D eigenvalue weighted by atomic mass is 32.1. The van der Waals surface area contributed by atoms with Gasteiger partial charge in [0.2, 0.25) is 0 Å². The van der Waals surface area contributed by atoms with Crippen LogP contribution in [-0.4, -0.2) is 62.3 Å². The van der Waals surface area contributed by atoms with Gasteiger partial charge in [-0.05, 0) is 23.9 Å². The second kappa shape index (κ2) is 6.94. The number of likely N-dealkylation sites (tertiary alicyclic amines) is 1. The quantitative estimate of drug-likeness (QED) is 0.713. The van der Waals surface area contributed by atoms with Crippen LogP contribution < -0.4 is 5.32 Å². The first kappa shape index (κ1) is 17.0. The predicted octanol–water partition coefficient (Wildman–Crippen LogP) is 0.184. The van der Waals surface area contributed by atoms with Crippen LogP contribution in [0.25, 0.3) is 0 Å². The van der Waals surface area contributed by atoms with Crippen molar-refractivity contribution in [3.63, 3.8) is 0 Å². The number of β-amino-alcohol motifs (C(OH)–C–C–N with tert-alkyl or cyclic N) is 2. The molecule has 1 aliphatic rings. The molecule has 2 aromatic rings. The molecule has 1 fully saturated rings. The Labute approximate surface area is 144 Å². The van der Waals surface area contributed by atoms with Crippen molar-refractivity contribution >= 4 is 17.2 Å². The highest BCUT2D eigenvalue weighted by Gasteiger charge is 2.44. The zero-order chi connectivity index (χ0) is 17.2. The molecule has 1 aliphatic heterocycles. The van der Waals surface area contributed by atoms with Crippen molar-refractivity contribution in [3.8, 4) is 0 Å². The fourth-order valence-electron chi connectivity index (χ4n) is 2.78. The molecule has 3 rings (SSSR count). The van der Waals surface area contributed by atoms with Crippen molar-refractivity contribution < 1.29 is 15.0 Å². The molecule has 24 heavy (non-hydrogen) atoms. The number of hydrogen-bond donors (Lipinski definition) is 3. The molecule has 7 nitrogen and oxygen atoms in total. The lowest BCUT2D eigenvalue weighted by Crippen LogP contribution is -2.51. The average Bonchev–Trinajstić information content (AvgIpc) is 3.10. The highest BCUT2D eigenvalue weighted by molar-refractivity contribution is 7.10. The lowest BCUT2D eigenvalue weighted by Gasteiger charge is -2.26. The molecule has 0 aromatic carbocycles. The van der Waals surface area contributed by atoms with E-state index >= 15 is 0 Å². The van der Waals surface area contributed by atoms with Gasteiger partial charge in [0, 0.05) is 36.9 Å². The lowest BCUT2D eigenvalue weighted by atomic mass is 10.0. The van der Waals surface area contributed by atoms with Gasteiger partial charge in [-0.15, -0.1) is 11.3 Å². The van der Waals surface area contributed by atoms with Gasteiger partial charge in [0.25, 0.3) is 5.91 Å². The Balaban J connectivity index is 1.59. The molecule has 0 spiro atoms. The molecular weight excluding hydrogens is 328 g/mol. The third-order valence-electron chi connectivity index (χ3n) is 4.24. The summed E-state index contributed by atoms with van der Waals surface area (Å²) < 4.78 is 0. The molecule has 0 bridgehead atoms. The maximum absolute atomic E-state index is 12.0. The third kappa shape index (κ3) is 3.62. The topological polar surface area (TPSA) is 98.6 Å². The van der Waals surface area contributed by atoms with Gasteiger partial charge >= 0.3 is 0 Å². The van der Waals surface area contributed by atoms with Crippen LogP contribution in [0.2, 0.25) is 0 Å². The second-order valence-corrected chi connectivity index (χ2v) is 7.09. The normalized spacial score (nSPS) is 24.2. The van der Waals surface area contributed by atoms with Crippen molar-refractivity contribution in [2.24, 2.45) is 0 Å². The van der Waals surface area contributed by atoms with Crippen LogP contribution in [0.4, 0.5) is 0 Å². The van der Waals surface area contributed by atoms with E-state index in [9.17, 15) is 15.0 Å². The maximum atomic E-state index is 12.0. The molecule has 128 valence electrons. The molecule has 3 heterocycles. The summed E-state index contributed by atoms with van der Waals surface area (Å²) in [5.74, 6) is -0.420. The van der Waals surface area contributed by atoms with Gasteiger partial charge in [0.05, 0.1) is 18.8 Å². The number of aryl methyl sites for hydroxylation is 1. The Morgan fingerprint density at radius 1 is 1.54 bits per heavy atom. The summed E-state index contributed by atoms with van der Waals surface area (Å²) in [5, 5.41) is 25.6. The van der Waals surface area contributed by atoms with Gasteiger partial charge in [0.15, 0.2) is 0 Å². The van der Waals surface area contributed by atoms with Gasteiger partial charge < -0.3 is 15.5 Å². The van der Waals surface area contributed by atoms with Crippen molar-refractivity contribution in [2.75, 3.05) is 19.6 Å². The molecule has 3 N–H and O–H groups in total.